The maximum absolute atomic E-state index is 14.8. The Morgan fingerprint density at radius 2 is 1.53 bits per heavy atom. The Morgan fingerprint density at radius 3 is 2.24 bits per heavy atom. The van der Waals surface area contributed by atoms with Gasteiger partial charge in [-0.15, -0.1) is 0 Å². The number of aromatic amines is 1. The average Bonchev–Trinajstić information content (AvgIpc) is 3.57. The van der Waals surface area contributed by atoms with Crippen molar-refractivity contribution in [2.75, 3.05) is 6.54 Å². The van der Waals surface area contributed by atoms with Gasteiger partial charge < -0.3 is 20.3 Å². The molecular weight excluding hydrogens is 736 g/mol. The lowest BCUT2D eigenvalue weighted by Gasteiger charge is -2.72. The van der Waals surface area contributed by atoms with Crippen LogP contribution in [0.15, 0.2) is 60.8 Å². The molecule has 8 heteroatoms. The molecule has 1 saturated heterocycles. The van der Waals surface area contributed by atoms with Crippen molar-refractivity contribution in [2.45, 2.75) is 137 Å². The van der Waals surface area contributed by atoms with Gasteiger partial charge in [0.1, 0.15) is 11.6 Å². The van der Waals surface area contributed by atoms with E-state index in [9.17, 15) is 19.1 Å². The fraction of sp³-hybridized carbons (Fsp3) is 0.627. The molecule has 6 aliphatic carbocycles. The van der Waals surface area contributed by atoms with Gasteiger partial charge in [-0.05, 0) is 193 Å². The van der Waals surface area contributed by atoms with E-state index >= 15 is 0 Å². The predicted molar refractivity (Wildman–Crippen MR) is 230 cm³/mol. The molecule has 0 spiro atoms. The first kappa shape index (κ1) is 39.2. The molecule has 5 saturated carbocycles. The maximum Gasteiger partial charge on any atom is 0.335 e. The van der Waals surface area contributed by atoms with Crippen LogP contribution < -0.4 is 5.32 Å². The number of H-pyrrole nitrogens is 1. The smallest absolute Gasteiger partial charge is 0.335 e. The van der Waals surface area contributed by atoms with Crippen molar-refractivity contribution in [2.24, 2.45) is 56.7 Å². The second-order valence-electron chi connectivity index (χ2n) is 22.0. The molecule has 59 heavy (non-hydrogen) atoms. The lowest BCUT2D eigenvalue weighted by atomic mass is 9.32. The molecule has 0 radical (unpaired) electrons. The number of aromatic carboxylic acids is 1. The number of fused-ring (bicyclic) bond motifs is 7. The van der Waals surface area contributed by atoms with Crippen molar-refractivity contribution in [1.82, 2.24) is 20.2 Å². The number of halogens is 1. The summed E-state index contributed by atoms with van der Waals surface area (Å²) in [6, 6.07) is 14.1. The molecule has 0 unspecified atom stereocenters. The minimum Gasteiger partial charge on any atom is -0.478 e. The Labute approximate surface area is 350 Å². The lowest BCUT2D eigenvalue weighted by Crippen LogP contribution is -2.69. The summed E-state index contributed by atoms with van der Waals surface area (Å²) in [5.74, 6) is 2.56. The highest BCUT2D eigenvalue weighted by atomic mass is 19.1. The Hall–Kier alpha value is -3.94. The van der Waals surface area contributed by atoms with Gasteiger partial charge in [0.2, 0.25) is 0 Å². The summed E-state index contributed by atoms with van der Waals surface area (Å²) in [5, 5.41) is 13.5. The van der Waals surface area contributed by atoms with Gasteiger partial charge in [-0.1, -0.05) is 59.8 Å². The number of nitrogens with zero attached hydrogens (tertiary/aromatic N) is 2. The molecule has 7 nitrogen and oxygen atoms in total. The van der Waals surface area contributed by atoms with Crippen LogP contribution in [0.3, 0.4) is 0 Å². The van der Waals surface area contributed by atoms with Gasteiger partial charge in [0, 0.05) is 12.1 Å². The number of urea groups is 1. The fourth-order valence-corrected chi connectivity index (χ4v) is 15.9. The number of imidazole rings is 1. The topological polar surface area (TPSA) is 98.3 Å². The zero-order chi connectivity index (χ0) is 41.3. The molecule has 10 rings (SSSR count). The molecule has 7 aliphatic rings. The minimum absolute atomic E-state index is 0.0223. The molecule has 1 aromatic heterocycles. The molecule has 1 aliphatic heterocycles. The van der Waals surface area contributed by atoms with E-state index in [4.69, 9.17) is 4.98 Å². The van der Waals surface area contributed by atoms with Gasteiger partial charge in [-0.3, -0.25) is 0 Å². The quantitative estimate of drug-likeness (QED) is 0.231. The number of aromatic nitrogens is 2. The number of carbonyl (C=O) groups excluding carboxylic acids is 1. The van der Waals surface area contributed by atoms with Crippen LogP contribution in [0.25, 0.3) is 16.8 Å². The molecule has 6 fully saturated rings. The SMILES string of the molecule is CC1([C@@H]2CC[C@]3(NC(=O)N4CCC[C@H]4c4ncc(-c5ccc(F)cc5)[nH]4)CC[C@]4(C)[C@H](CC[C@@H]5[C@@]6(C)CC=C(c7ccc(C(=O)O)cc7)C(C)(C)[C@@H]6CC[C@]54C)[C@@H]23)CC1. The highest BCUT2D eigenvalue weighted by Crippen LogP contribution is 2.78. The molecule has 3 N–H and O–H groups in total. The first-order valence-corrected chi connectivity index (χ1v) is 23.0. The van der Waals surface area contributed by atoms with Crippen LogP contribution in [0.4, 0.5) is 9.18 Å². The van der Waals surface area contributed by atoms with E-state index in [1.807, 2.05) is 18.3 Å². The summed E-state index contributed by atoms with van der Waals surface area (Å²) in [5.41, 5.74) is 5.39. The second-order valence-corrected chi connectivity index (χ2v) is 22.0. The zero-order valence-corrected chi connectivity index (χ0v) is 36.2. The largest absolute Gasteiger partial charge is 0.478 e. The van der Waals surface area contributed by atoms with E-state index in [-0.39, 0.29) is 45.1 Å². The highest BCUT2D eigenvalue weighted by molar-refractivity contribution is 5.88. The third kappa shape index (κ3) is 5.72. The van der Waals surface area contributed by atoms with Crippen molar-refractivity contribution in [3.05, 3.63) is 83.6 Å². The number of nitrogens with one attached hydrogen (secondary N) is 2. The Morgan fingerprint density at radius 1 is 0.797 bits per heavy atom. The summed E-state index contributed by atoms with van der Waals surface area (Å²) < 4.78 is 13.7. The molecular formula is C51H65FN4O3. The van der Waals surface area contributed by atoms with Crippen LogP contribution in [0.5, 0.6) is 0 Å². The van der Waals surface area contributed by atoms with E-state index < -0.39 is 5.97 Å². The summed E-state index contributed by atoms with van der Waals surface area (Å²) in [7, 11) is 0. The van der Waals surface area contributed by atoms with Crippen LogP contribution in [-0.2, 0) is 0 Å². The van der Waals surface area contributed by atoms with Crippen LogP contribution in [-0.4, -0.2) is 44.1 Å². The number of carboxylic acids is 1. The minimum atomic E-state index is -0.876. The number of amides is 2. The molecule has 3 aromatic rings. The molecule has 314 valence electrons. The second kappa shape index (κ2) is 13.3. The van der Waals surface area contributed by atoms with Gasteiger partial charge in [0.25, 0.3) is 0 Å². The number of carbonyl (C=O) groups is 2. The Kier molecular flexibility index (Phi) is 8.83. The number of allylic oxidation sites excluding steroid dienone is 2. The van der Waals surface area contributed by atoms with E-state index in [2.05, 4.69) is 62.8 Å². The van der Waals surface area contributed by atoms with Gasteiger partial charge in [0.15, 0.2) is 0 Å². The monoisotopic (exact) mass is 801 g/mol. The number of benzene rings is 2. The molecule has 10 atom stereocenters. The van der Waals surface area contributed by atoms with Crippen molar-refractivity contribution >= 4 is 17.6 Å². The van der Waals surface area contributed by atoms with E-state index in [0.29, 0.717) is 40.6 Å². The Balaban J connectivity index is 0.930. The predicted octanol–water partition coefficient (Wildman–Crippen LogP) is 12.1. The zero-order valence-electron chi connectivity index (χ0n) is 36.2. The van der Waals surface area contributed by atoms with Crippen LogP contribution in [0.1, 0.15) is 153 Å². The van der Waals surface area contributed by atoms with Gasteiger partial charge in [-0.2, -0.15) is 0 Å². The van der Waals surface area contributed by atoms with E-state index in [1.165, 1.54) is 62.7 Å². The molecule has 2 heterocycles. The van der Waals surface area contributed by atoms with E-state index in [1.54, 1.807) is 24.3 Å². The first-order chi connectivity index (χ1) is 28.0. The highest BCUT2D eigenvalue weighted by Gasteiger charge is 2.72. The molecule has 2 amide bonds. The number of hydrogen-bond donors (Lipinski definition) is 3. The van der Waals surface area contributed by atoms with Gasteiger partial charge in [0.05, 0.1) is 23.5 Å². The third-order valence-electron chi connectivity index (χ3n) is 19.3. The van der Waals surface area contributed by atoms with Crippen molar-refractivity contribution < 1.29 is 19.1 Å². The van der Waals surface area contributed by atoms with Crippen molar-refractivity contribution in [3.63, 3.8) is 0 Å². The normalized spacial score (nSPS) is 39.0. The molecule has 0 bridgehead atoms. The van der Waals surface area contributed by atoms with Crippen molar-refractivity contribution in [3.8, 4) is 11.3 Å². The van der Waals surface area contributed by atoms with Crippen LogP contribution in [0, 0.1) is 62.5 Å². The van der Waals surface area contributed by atoms with Crippen molar-refractivity contribution in [1.29, 1.82) is 0 Å². The fourth-order valence-electron chi connectivity index (χ4n) is 15.9. The number of rotatable bonds is 6. The lowest BCUT2D eigenvalue weighted by molar-refractivity contribution is -0.221. The first-order valence-electron chi connectivity index (χ1n) is 23.0. The van der Waals surface area contributed by atoms with Crippen LogP contribution >= 0.6 is 0 Å². The third-order valence-corrected chi connectivity index (χ3v) is 19.3. The van der Waals surface area contributed by atoms with Gasteiger partial charge >= 0.3 is 12.0 Å². The van der Waals surface area contributed by atoms with E-state index in [0.717, 1.165) is 67.7 Å². The van der Waals surface area contributed by atoms with Gasteiger partial charge in [-0.25, -0.2) is 19.0 Å². The number of hydrogen-bond acceptors (Lipinski definition) is 3. The summed E-state index contributed by atoms with van der Waals surface area (Å²) in [6.07, 6.45) is 19.3. The standard InChI is InChI=1S/C51H65FN4O3/c1-46(2)35(31-9-11-33(12-10-31)44(57)58)19-22-48(4)40(46)21-23-50(6)41(48)18-17-37-42-36(47(3)25-26-47)20-24-51(42,28-27-49(37,50)5)55-45(59)56-29-7-8-39(56)43-53-30-38(54-43)32-13-15-34(52)16-14-32/h9-16,19,30,36-37,39-42H,7-8,17-18,20-29H2,1-6H3,(H,53,54)(H,55,59)(H,57,58)/t36-,37-,39+,40+,41-,42-,48+,49-,50-,51+/m1/s1. The molecule has 2 aromatic carbocycles. The summed E-state index contributed by atoms with van der Waals surface area (Å²) >= 11 is 0. The average molecular weight is 801 g/mol. The number of carboxylic acid groups (broad SMARTS) is 1. The van der Waals surface area contributed by atoms with Crippen LogP contribution in [0.2, 0.25) is 0 Å². The maximum atomic E-state index is 14.8. The Bertz CT molecular complexity index is 2190. The summed E-state index contributed by atoms with van der Waals surface area (Å²) in [4.78, 5) is 36.8. The number of likely N-dealkylation sites (tertiary alicyclic amines) is 1. The summed E-state index contributed by atoms with van der Waals surface area (Å²) in [6.45, 7) is 16.2.